The zero-order valence-electron chi connectivity index (χ0n) is 8.60. The Labute approximate surface area is 90.0 Å². The second-order valence-electron chi connectivity index (χ2n) is 3.16. The Kier molecular flexibility index (Phi) is 4.26. The Morgan fingerprint density at radius 1 is 1.33 bits per heavy atom. The van der Waals surface area contributed by atoms with E-state index < -0.39 is 10.0 Å². The van der Waals surface area contributed by atoms with Gasteiger partial charge in [-0.2, -0.15) is 0 Å². The lowest BCUT2D eigenvalue weighted by molar-refractivity contribution is 0.278. The summed E-state index contributed by atoms with van der Waals surface area (Å²) in [6.07, 6.45) is 0.737. The van der Waals surface area contributed by atoms with Crippen LogP contribution in [0.1, 0.15) is 18.9 Å². The Morgan fingerprint density at radius 2 is 2.00 bits per heavy atom. The number of sulfonamides is 1. The largest absolute Gasteiger partial charge is 0.392 e. The van der Waals surface area contributed by atoms with Crippen LogP contribution in [0.3, 0.4) is 0 Å². The van der Waals surface area contributed by atoms with E-state index in [-0.39, 0.29) is 11.5 Å². The number of aliphatic hydroxyl groups excluding tert-OH is 1. The van der Waals surface area contributed by atoms with Crippen molar-refractivity contribution in [2.24, 2.45) is 0 Å². The van der Waals surface area contributed by atoms with Crippen molar-refractivity contribution in [1.82, 2.24) is 4.72 Å². The highest BCUT2D eigenvalue weighted by molar-refractivity contribution is 7.89. The van der Waals surface area contributed by atoms with E-state index in [2.05, 4.69) is 4.72 Å². The standard InChI is InChI=1S/C10H15NO3S/c1-2-7-11-15(13,14)10-6-4-3-5-9(10)8-12/h3-6,11-12H,2,7-8H2,1H3. The predicted molar refractivity (Wildman–Crippen MR) is 57.8 cm³/mol. The molecule has 84 valence electrons. The number of aliphatic hydroxyl groups is 1. The van der Waals surface area contributed by atoms with Gasteiger partial charge in [0, 0.05) is 6.54 Å². The zero-order chi connectivity index (χ0) is 11.3. The number of hydrogen-bond donors (Lipinski definition) is 2. The Balaban J connectivity index is 3.04. The molecule has 0 bridgehead atoms. The summed E-state index contributed by atoms with van der Waals surface area (Å²) in [6.45, 7) is 2.02. The van der Waals surface area contributed by atoms with Crippen LogP contribution in [-0.2, 0) is 16.6 Å². The summed E-state index contributed by atoms with van der Waals surface area (Å²) in [5.41, 5.74) is 0.418. The first-order chi connectivity index (χ1) is 7.11. The fraction of sp³-hybridized carbons (Fsp3) is 0.400. The fourth-order valence-electron chi connectivity index (χ4n) is 1.21. The molecule has 2 N–H and O–H groups in total. The fourth-order valence-corrected chi connectivity index (χ4v) is 2.57. The minimum absolute atomic E-state index is 0.154. The first-order valence-corrected chi connectivity index (χ1v) is 6.28. The lowest BCUT2D eigenvalue weighted by atomic mass is 10.2. The van der Waals surface area contributed by atoms with Crippen LogP contribution in [0.5, 0.6) is 0 Å². The van der Waals surface area contributed by atoms with Gasteiger partial charge in [-0.1, -0.05) is 25.1 Å². The van der Waals surface area contributed by atoms with E-state index in [1.807, 2.05) is 6.92 Å². The molecule has 5 heteroatoms. The molecule has 0 aliphatic rings. The molecule has 0 amide bonds. The highest BCUT2D eigenvalue weighted by Crippen LogP contribution is 2.14. The molecule has 4 nitrogen and oxygen atoms in total. The van der Waals surface area contributed by atoms with E-state index >= 15 is 0 Å². The number of benzene rings is 1. The first kappa shape index (κ1) is 12.2. The van der Waals surface area contributed by atoms with Crippen LogP contribution in [0.4, 0.5) is 0 Å². The first-order valence-electron chi connectivity index (χ1n) is 4.80. The summed E-state index contributed by atoms with van der Waals surface area (Å²) in [7, 11) is -3.48. The average molecular weight is 229 g/mol. The minimum atomic E-state index is -3.48. The predicted octanol–water partition coefficient (Wildman–Crippen LogP) is 0.867. The lowest BCUT2D eigenvalue weighted by Crippen LogP contribution is -2.25. The van der Waals surface area contributed by atoms with E-state index in [0.717, 1.165) is 6.42 Å². The topological polar surface area (TPSA) is 66.4 Å². The molecule has 0 aliphatic heterocycles. The molecule has 0 aromatic heterocycles. The van der Waals surface area contributed by atoms with Crippen molar-refractivity contribution in [2.75, 3.05) is 6.54 Å². The third-order valence-electron chi connectivity index (χ3n) is 1.97. The van der Waals surface area contributed by atoms with Crippen molar-refractivity contribution >= 4 is 10.0 Å². The van der Waals surface area contributed by atoms with Crippen LogP contribution in [0.25, 0.3) is 0 Å². The third-order valence-corrected chi connectivity index (χ3v) is 3.54. The molecule has 0 saturated carbocycles. The van der Waals surface area contributed by atoms with Gasteiger partial charge in [0.25, 0.3) is 0 Å². The second kappa shape index (κ2) is 5.25. The van der Waals surface area contributed by atoms with Gasteiger partial charge in [0.1, 0.15) is 0 Å². The molecular weight excluding hydrogens is 214 g/mol. The van der Waals surface area contributed by atoms with Crippen molar-refractivity contribution in [3.63, 3.8) is 0 Å². The van der Waals surface area contributed by atoms with Crippen LogP contribution in [0.15, 0.2) is 29.2 Å². The highest BCUT2D eigenvalue weighted by Gasteiger charge is 2.16. The van der Waals surface area contributed by atoms with Gasteiger partial charge in [-0.25, -0.2) is 13.1 Å². The highest BCUT2D eigenvalue weighted by atomic mass is 32.2. The third kappa shape index (κ3) is 3.02. The molecule has 0 radical (unpaired) electrons. The van der Waals surface area contributed by atoms with Gasteiger partial charge < -0.3 is 5.11 Å². The monoisotopic (exact) mass is 229 g/mol. The van der Waals surface area contributed by atoms with Crippen LogP contribution in [0.2, 0.25) is 0 Å². The summed E-state index contributed by atoms with van der Waals surface area (Å²) < 4.78 is 26.0. The summed E-state index contributed by atoms with van der Waals surface area (Å²) >= 11 is 0. The van der Waals surface area contributed by atoms with Crippen molar-refractivity contribution < 1.29 is 13.5 Å². The van der Waals surface area contributed by atoms with Gasteiger partial charge in [-0.3, -0.25) is 0 Å². The Morgan fingerprint density at radius 3 is 2.60 bits per heavy atom. The van der Waals surface area contributed by atoms with E-state index in [4.69, 9.17) is 5.11 Å². The molecule has 0 saturated heterocycles. The minimum Gasteiger partial charge on any atom is -0.392 e. The molecule has 0 spiro atoms. The van der Waals surface area contributed by atoms with Gasteiger partial charge in [0.2, 0.25) is 10.0 Å². The normalized spacial score (nSPS) is 11.6. The summed E-state index contributed by atoms with van der Waals surface area (Å²) in [4.78, 5) is 0.154. The molecule has 0 unspecified atom stereocenters. The van der Waals surface area contributed by atoms with Crippen LogP contribution in [-0.4, -0.2) is 20.1 Å². The van der Waals surface area contributed by atoms with Crippen molar-refractivity contribution in [1.29, 1.82) is 0 Å². The number of nitrogens with one attached hydrogen (secondary N) is 1. The van der Waals surface area contributed by atoms with E-state index in [9.17, 15) is 8.42 Å². The van der Waals surface area contributed by atoms with Gasteiger partial charge >= 0.3 is 0 Å². The SMILES string of the molecule is CCCNS(=O)(=O)c1ccccc1CO. The van der Waals surface area contributed by atoms with Crippen molar-refractivity contribution in [3.8, 4) is 0 Å². The van der Waals surface area contributed by atoms with E-state index in [0.29, 0.717) is 12.1 Å². The quantitative estimate of drug-likeness (QED) is 0.787. The van der Waals surface area contributed by atoms with E-state index in [1.165, 1.54) is 6.07 Å². The number of hydrogen-bond acceptors (Lipinski definition) is 3. The van der Waals surface area contributed by atoms with Crippen molar-refractivity contribution in [3.05, 3.63) is 29.8 Å². The Hall–Kier alpha value is -0.910. The zero-order valence-corrected chi connectivity index (χ0v) is 9.42. The lowest BCUT2D eigenvalue weighted by Gasteiger charge is -2.08. The summed E-state index contributed by atoms with van der Waals surface area (Å²) in [5, 5.41) is 9.01. The molecule has 0 fully saturated rings. The molecule has 0 aliphatic carbocycles. The van der Waals surface area contributed by atoms with Crippen LogP contribution in [0, 0.1) is 0 Å². The number of rotatable bonds is 5. The maximum atomic E-state index is 11.7. The van der Waals surface area contributed by atoms with Gasteiger partial charge in [-0.05, 0) is 18.1 Å². The van der Waals surface area contributed by atoms with Crippen LogP contribution < -0.4 is 4.72 Å². The molecule has 1 aromatic carbocycles. The van der Waals surface area contributed by atoms with Gasteiger partial charge in [0.15, 0.2) is 0 Å². The molecule has 0 heterocycles. The summed E-state index contributed by atoms with van der Waals surface area (Å²) in [5.74, 6) is 0. The molecular formula is C10H15NO3S. The molecule has 1 aromatic rings. The van der Waals surface area contributed by atoms with Gasteiger partial charge in [0.05, 0.1) is 11.5 Å². The summed E-state index contributed by atoms with van der Waals surface area (Å²) in [6, 6.07) is 6.42. The average Bonchev–Trinajstić information content (AvgIpc) is 2.26. The second-order valence-corrected chi connectivity index (χ2v) is 4.90. The maximum Gasteiger partial charge on any atom is 0.240 e. The smallest absolute Gasteiger partial charge is 0.240 e. The molecule has 15 heavy (non-hydrogen) atoms. The van der Waals surface area contributed by atoms with Gasteiger partial charge in [-0.15, -0.1) is 0 Å². The Bertz CT molecular complexity index is 414. The van der Waals surface area contributed by atoms with E-state index in [1.54, 1.807) is 18.2 Å². The van der Waals surface area contributed by atoms with Crippen LogP contribution >= 0.6 is 0 Å². The maximum absolute atomic E-state index is 11.7. The molecule has 0 atom stereocenters. The van der Waals surface area contributed by atoms with Crippen molar-refractivity contribution in [2.45, 2.75) is 24.8 Å². The molecule has 1 rings (SSSR count).